The molecule has 1 rings (SSSR count). The van der Waals surface area contributed by atoms with Crippen LogP contribution in [-0.2, 0) is 0 Å². The van der Waals surface area contributed by atoms with E-state index in [4.69, 9.17) is 5.11 Å². The van der Waals surface area contributed by atoms with Crippen LogP contribution >= 0.6 is 15.9 Å². The van der Waals surface area contributed by atoms with E-state index in [1.807, 2.05) is 12.1 Å². The maximum absolute atomic E-state index is 8.67. The Balaban J connectivity index is 2.36. The first-order valence-electron chi connectivity index (χ1n) is 5.31. The summed E-state index contributed by atoms with van der Waals surface area (Å²) in [5, 5.41) is 8.67. The fraction of sp³-hybridized carbons (Fsp3) is 0.500. The zero-order chi connectivity index (χ0) is 11.1. The van der Waals surface area contributed by atoms with Crippen LogP contribution in [0.15, 0.2) is 28.7 Å². The van der Waals surface area contributed by atoms with Crippen LogP contribution < -0.4 is 4.90 Å². The summed E-state index contributed by atoms with van der Waals surface area (Å²) in [6.07, 6.45) is 3.13. The highest BCUT2D eigenvalue weighted by atomic mass is 79.9. The molecule has 3 heteroatoms. The van der Waals surface area contributed by atoms with Crippen molar-refractivity contribution >= 4 is 21.6 Å². The molecule has 0 aliphatic rings. The van der Waals surface area contributed by atoms with Crippen LogP contribution in [0.1, 0.15) is 19.3 Å². The standard InChI is InChI=1S/C12H18BrNO/c1-14(8-3-2-4-9-15)12-7-5-6-11(13)10-12/h5-7,10,15H,2-4,8-9H2,1H3. The van der Waals surface area contributed by atoms with Crippen LogP contribution in [0.5, 0.6) is 0 Å². The first kappa shape index (κ1) is 12.5. The molecule has 2 nitrogen and oxygen atoms in total. The number of unbranched alkanes of at least 4 members (excludes halogenated alkanes) is 2. The van der Waals surface area contributed by atoms with Crippen LogP contribution in [0.4, 0.5) is 5.69 Å². The summed E-state index contributed by atoms with van der Waals surface area (Å²) in [5.41, 5.74) is 1.23. The largest absolute Gasteiger partial charge is 0.396 e. The van der Waals surface area contributed by atoms with Crippen molar-refractivity contribution in [2.75, 3.05) is 25.1 Å². The molecule has 15 heavy (non-hydrogen) atoms. The van der Waals surface area contributed by atoms with Crippen molar-refractivity contribution in [1.29, 1.82) is 0 Å². The van der Waals surface area contributed by atoms with E-state index in [1.54, 1.807) is 0 Å². The quantitative estimate of drug-likeness (QED) is 0.804. The van der Waals surface area contributed by atoms with Crippen LogP contribution in [0.25, 0.3) is 0 Å². The number of halogens is 1. The topological polar surface area (TPSA) is 23.5 Å². The summed E-state index contributed by atoms with van der Waals surface area (Å²) < 4.78 is 1.11. The Morgan fingerprint density at radius 2 is 2.07 bits per heavy atom. The lowest BCUT2D eigenvalue weighted by Crippen LogP contribution is -2.18. The van der Waals surface area contributed by atoms with E-state index < -0.39 is 0 Å². The second-order valence-electron chi connectivity index (χ2n) is 3.69. The minimum Gasteiger partial charge on any atom is -0.396 e. The molecule has 1 aromatic rings. The molecule has 0 atom stereocenters. The van der Waals surface area contributed by atoms with Gasteiger partial charge in [-0.15, -0.1) is 0 Å². The highest BCUT2D eigenvalue weighted by Crippen LogP contribution is 2.19. The Kier molecular flexibility index (Phi) is 5.73. The smallest absolute Gasteiger partial charge is 0.0431 e. The van der Waals surface area contributed by atoms with E-state index in [0.717, 1.165) is 30.3 Å². The lowest BCUT2D eigenvalue weighted by atomic mass is 10.2. The van der Waals surface area contributed by atoms with Gasteiger partial charge in [-0.3, -0.25) is 0 Å². The first-order chi connectivity index (χ1) is 7.24. The predicted octanol–water partition coefficient (Wildman–Crippen LogP) is 3.05. The van der Waals surface area contributed by atoms with Crippen molar-refractivity contribution in [2.24, 2.45) is 0 Å². The Labute approximate surface area is 100 Å². The van der Waals surface area contributed by atoms with E-state index in [-0.39, 0.29) is 0 Å². The molecule has 1 N–H and O–H groups in total. The molecule has 0 saturated carbocycles. The van der Waals surface area contributed by atoms with E-state index in [1.165, 1.54) is 5.69 Å². The third-order valence-corrected chi connectivity index (χ3v) is 2.89. The van der Waals surface area contributed by atoms with E-state index in [0.29, 0.717) is 6.61 Å². The third-order valence-electron chi connectivity index (χ3n) is 2.40. The average Bonchev–Trinajstić information content (AvgIpc) is 2.24. The van der Waals surface area contributed by atoms with Crippen molar-refractivity contribution in [3.8, 4) is 0 Å². The Bertz CT molecular complexity index is 291. The molecule has 0 radical (unpaired) electrons. The summed E-state index contributed by atoms with van der Waals surface area (Å²) >= 11 is 3.46. The van der Waals surface area contributed by atoms with Crippen LogP contribution in [0.3, 0.4) is 0 Å². The molecule has 0 saturated heterocycles. The van der Waals surface area contributed by atoms with Gasteiger partial charge in [-0.2, -0.15) is 0 Å². The van der Waals surface area contributed by atoms with Crippen molar-refractivity contribution in [3.63, 3.8) is 0 Å². The molecule has 0 heterocycles. The average molecular weight is 272 g/mol. The molecule has 0 aliphatic heterocycles. The monoisotopic (exact) mass is 271 g/mol. The molecular weight excluding hydrogens is 254 g/mol. The van der Waals surface area contributed by atoms with E-state index in [9.17, 15) is 0 Å². The SMILES string of the molecule is CN(CCCCCO)c1cccc(Br)c1. The molecule has 0 bridgehead atoms. The molecule has 0 amide bonds. The van der Waals surface area contributed by atoms with Gasteiger partial charge in [-0.25, -0.2) is 0 Å². The number of aliphatic hydroxyl groups is 1. The fourth-order valence-corrected chi connectivity index (χ4v) is 1.87. The number of anilines is 1. The van der Waals surface area contributed by atoms with Gasteiger partial charge in [0, 0.05) is 30.4 Å². The van der Waals surface area contributed by atoms with Crippen molar-refractivity contribution in [1.82, 2.24) is 0 Å². The lowest BCUT2D eigenvalue weighted by Gasteiger charge is -2.19. The fourth-order valence-electron chi connectivity index (χ4n) is 1.48. The molecule has 0 spiro atoms. The van der Waals surface area contributed by atoms with Crippen LogP contribution in [-0.4, -0.2) is 25.3 Å². The van der Waals surface area contributed by atoms with Gasteiger partial charge in [0.05, 0.1) is 0 Å². The predicted molar refractivity (Wildman–Crippen MR) is 68.3 cm³/mol. The Hall–Kier alpha value is -0.540. The van der Waals surface area contributed by atoms with Crippen LogP contribution in [0.2, 0.25) is 0 Å². The number of hydrogen-bond donors (Lipinski definition) is 1. The van der Waals surface area contributed by atoms with Gasteiger partial charge in [-0.05, 0) is 37.5 Å². The summed E-state index contributed by atoms with van der Waals surface area (Å²) in [6, 6.07) is 8.30. The third kappa shape index (κ3) is 4.67. The number of aliphatic hydroxyl groups excluding tert-OH is 1. The Morgan fingerprint density at radius 3 is 2.73 bits per heavy atom. The van der Waals surface area contributed by atoms with Crippen LogP contribution in [0, 0.1) is 0 Å². The van der Waals surface area contributed by atoms with Gasteiger partial charge in [0.2, 0.25) is 0 Å². The lowest BCUT2D eigenvalue weighted by molar-refractivity contribution is 0.283. The number of nitrogens with zero attached hydrogens (tertiary/aromatic N) is 1. The normalized spacial score (nSPS) is 10.3. The number of benzene rings is 1. The van der Waals surface area contributed by atoms with E-state index >= 15 is 0 Å². The summed E-state index contributed by atoms with van der Waals surface area (Å²) in [7, 11) is 2.10. The van der Waals surface area contributed by atoms with E-state index in [2.05, 4.69) is 40.0 Å². The van der Waals surface area contributed by atoms with Crippen molar-refractivity contribution in [2.45, 2.75) is 19.3 Å². The van der Waals surface area contributed by atoms with Gasteiger partial charge in [0.15, 0.2) is 0 Å². The summed E-state index contributed by atoms with van der Waals surface area (Å²) in [4.78, 5) is 2.24. The van der Waals surface area contributed by atoms with Gasteiger partial charge in [0.25, 0.3) is 0 Å². The van der Waals surface area contributed by atoms with Gasteiger partial charge in [-0.1, -0.05) is 22.0 Å². The van der Waals surface area contributed by atoms with Crippen molar-refractivity contribution in [3.05, 3.63) is 28.7 Å². The van der Waals surface area contributed by atoms with Gasteiger partial charge >= 0.3 is 0 Å². The molecule has 0 aliphatic carbocycles. The molecular formula is C12H18BrNO. The number of hydrogen-bond acceptors (Lipinski definition) is 2. The van der Waals surface area contributed by atoms with Gasteiger partial charge < -0.3 is 10.0 Å². The summed E-state index contributed by atoms with van der Waals surface area (Å²) in [5.74, 6) is 0. The number of rotatable bonds is 6. The maximum atomic E-state index is 8.67. The molecule has 0 aromatic heterocycles. The second kappa shape index (κ2) is 6.85. The van der Waals surface area contributed by atoms with Gasteiger partial charge in [0.1, 0.15) is 0 Å². The zero-order valence-corrected chi connectivity index (χ0v) is 10.7. The molecule has 84 valence electrons. The molecule has 0 unspecified atom stereocenters. The Morgan fingerprint density at radius 1 is 1.27 bits per heavy atom. The minimum atomic E-state index is 0.306. The highest BCUT2D eigenvalue weighted by Gasteiger charge is 2.00. The minimum absolute atomic E-state index is 0.306. The summed E-state index contributed by atoms with van der Waals surface area (Å²) in [6.45, 7) is 1.34. The molecule has 0 fully saturated rings. The second-order valence-corrected chi connectivity index (χ2v) is 4.60. The van der Waals surface area contributed by atoms with Crippen molar-refractivity contribution < 1.29 is 5.11 Å². The zero-order valence-electron chi connectivity index (χ0n) is 9.12. The molecule has 1 aromatic carbocycles. The maximum Gasteiger partial charge on any atom is 0.0431 e. The highest BCUT2D eigenvalue weighted by molar-refractivity contribution is 9.10. The first-order valence-corrected chi connectivity index (χ1v) is 6.11.